The average molecular weight is 370 g/mol. The van der Waals surface area contributed by atoms with Crippen molar-refractivity contribution in [2.24, 2.45) is 0 Å². The lowest BCUT2D eigenvalue weighted by Gasteiger charge is -2.34. The van der Waals surface area contributed by atoms with Crippen LogP contribution in [0.4, 0.5) is 0 Å². The molecule has 3 heterocycles. The van der Waals surface area contributed by atoms with Crippen molar-refractivity contribution in [3.05, 3.63) is 57.9 Å². The van der Waals surface area contributed by atoms with Crippen molar-refractivity contribution < 1.29 is 4.74 Å². The number of aryl methyl sites for hydroxylation is 1. The number of rotatable bonds is 7. The number of benzene rings is 1. The van der Waals surface area contributed by atoms with Crippen molar-refractivity contribution in [2.75, 3.05) is 32.8 Å². The van der Waals surface area contributed by atoms with Crippen LogP contribution < -0.4 is 5.32 Å². The summed E-state index contributed by atoms with van der Waals surface area (Å²) in [7, 11) is 0. The topological polar surface area (TPSA) is 40.3 Å². The Morgan fingerprint density at radius 1 is 1.19 bits per heavy atom. The van der Waals surface area contributed by atoms with Crippen LogP contribution in [-0.4, -0.2) is 42.7 Å². The first-order chi connectivity index (χ1) is 12.9. The average Bonchev–Trinajstić information content (AvgIpc) is 3.36. The zero-order valence-corrected chi connectivity index (χ0v) is 16.1. The summed E-state index contributed by atoms with van der Waals surface area (Å²) >= 11 is 1.85. The van der Waals surface area contributed by atoms with Gasteiger partial charge in [-0.1, -0.05) is 31.2 Å². The number of nitrogens with zero attached hydrogens (tertiary/aromatic N) is 1. The Kier molecular flexibility index (Phi) is 5.70. The molecule has 1 aliphatic heterocycles. The molecule has 4 rings (SSSR count). The number of aromatic nitrogens is 1. The molecule has 2 N–H and O–H groups in total. The molecule has 1 aromatic carbocycles. The van der Waals surface area contributed by atoms with E-state index in [-0.39, 0.29) is 0 Å². The van der Waals surface area contributed by atoms with Crippen LogP contribution in [0.25, 0.3) is 10.9 Å². The summed E-state index contributed by atoms with van der Waals surface area (Å²) in [5.74, 6) is 0. The minimum Gasteiger partial charge on any atom is -0.379 e. The van der Waals surface area contributed by atoms with Crippen LogP contribution in [0.1, 0.15) is 29.0 Å². The first kappa shape index (κ1) is 17.7. The Hall–Kier alpha value is -1.66. The monoisotopic (exact) mass is 369 g/mol. The molecule has 0 unspecified atom stereocenters. The Bertz CT molecular complexity index is 821. The molecule has 0 aliphatic carbocycles. The van der Waals surface area contributed by atoms with Crippen LogP contribution in [-0.2, 0) is 17.7 Å². The van der Waals surface area contributed by atoms with Gasteiger partial charge in [-0.3, -0.25) is 4.90 Å². The summed E-state index contributed by atoms with van der Waals surface area (Å²) in [6.45, 7) is 7.75. The van der Waals surface area contributed by atoms with Crippen molar-refractivity contribution >= 4 is 22.2 Å². The van der Waals surface area contributed by atoms with E-state index in [9.17, 15) is 0 Å². The number of hydrogen-bond donors (Lipinski definition) is 2. The fraction of sp³-hybridized carbons (Fsp3) is 0.429. The lowest BCUT2D eigenvalue weighted by Crippen LogP contribution is -2.42. The molecule has 2 aromatic heterocycles. The molecule has 1 atom stereocenters. The second-order valence-corrected chi connectivity index (χ2v) is 7.80. The molecule has 4 nitrogen and oxygen atoms in total. The lowest BCUT2D eigenvalue weighted by atomic mass is 10.1. The molecule has 0 spiro atoms. The molecule has 1 fully saturated rings. The highest BCUT2D eigenvalue weighted by Crippen LogP contribution is 2.26. The van der Waals surface area contributed by atoms with E-state index in [2.05, 4.69) is 64.0 Å². The smallest absolute Gasteiger partial charge is 0.0594 e. The maximum atomic E-state index is 5.54. The standard InChI is InChI=1S/C21H27N3OS/c1-2-16-5-3-6-18-17(14-23-21(16)18)13-22-15-19(20-7-4-12-26-20)24-8-10-25-11-9-24/h3-7,12,14,19,22-23H,2,8-11,13,15H2,1H3/t19-/m0/s1. The number of para-hydroxylation sites is 1. The van der Waals surface area contributed by atoms with E-state index >= 15 is 0 Å². The van der Waals surface area contributed by atoms with Gasteiger partial charge in [0.2, 0.25) is 0 Å². The number of nitrogens with one attached hydrogen (secondary N) is 2. The Balaban J connectivity index is 1.45. The van der Waals surface area contributed by atoms with Gasteiger partial charge in [0.25, 0.3) is 0 Å². The highest BCUT2D eigenvalue weighted by atomic mass is 32.1. The van der Waals surface area contributed by atoms with Gasteiger partial charge in [0.15, 0.2) is 0 Å². The molecule has 1 saturated heterocycles. The number of hydrogen-bond acceptors (Lipinski definition) is 4. The number of fused-ring (bicyclic) bond motifs is 1. The predicted octanol–water partition coefficient (Wildman–Crippen LogP) is 3.95. The SMILES string of the molecule is CCc1cccc2c(CNC[C@@H](c3cccs3)N3CCOCC3)c[nH]c12. The third-order valence-electron chi connectivity index (χ3n) is 5.28. The predicted molar refractivity (Wildman–Crippen MR) is 109 cm³/mol. The third kappa shape index (κ3) is 3.71. The highest BCUT2D eigenvalue weighted by Gasteiger charge is 2.23. The Labute approximate surface area is 159 Å². The molecule has 5 heteroatoms. The van der Waals surface area contributed by atoms with E-state index in [1.165, 1.54) is 26.9 Å². The zero-order valence-electron chi connectivity index (χ0n) is 15.3. The van der Waals surface area contributed by atoms with Crippen LogP contribution in [0.15, 0.2) is 41.9 Å². The minimum absolute atomic E-state index is 0.426. The molecule has 0 radical (unpaired) electrons. The summed E-state index contributed by atoms with van der Waals surface area (Å²) < 4.78 is 5.54. The van der Waals surface area contributed by atoms with E-state index in [4.69, 9.17) is 4.74 Å². The maximum Gasteiger partial charge on any atom is 0.0594 e. The second-order valence-electron chi connectivity index (χ2n) is 6.82. The molecule has 0 amide bonds. The second kappa shape index (κ2) is 8.35. The van der Waals surface area contributed by atoms with E-state index in [1.807, 2.05) is 11.3 Å². The normalized spacial score (nSPS) is 17.0. The number of thiophene rings is 1. The molecule has 138 valence electrons. The molecular weight excluding hydrogens is 342 g/mol. The van der Waals surface area contributed by atoms with Crippen molar-refractivity contribution in [1.82, 2.24) is 15.2 Å². The molecule has 26 heavy (non-hydrogen) atoms. The van der Waals surface area contributed by atoms with Gasteiger partial charge in [-0.25, -0.2) is 0 Å². The molecular formula is C21H27N3OS. The van der Waals surface area contributed by atoms with Crippen LogP contribution in [0.2, 0.25) is 0 Å². The summed E-state index contributed by atoms with van der Waals surface area (Å²) in [5.41, 5.74) is 4.02. The molecule has 0 saturated carbocycles. The maximum absolute atomic E-state index is 5.54. The summed E-state index contributed by atoms with van der Waals surface area (Å²) in [5, 5.41) is 7.23. The molecule has 1 aliphatic rings. The highest BCUT2D eigenvalue weighted by molar-refractivity contribution is 7.10. The first-order valence-electron chi connectivity index (χ1n) is 9.50. The van der Waals surface area contributed by atoms with E-state index in [0.29, 0.717) is 6.04 Å². The van der Waals surface area contributed by atoms with Crippen LogP contribution in [0.3, 0.4) is 0 Å². The Morgan fingerprint density at radius 2 is 2.08 bits per heavy atom. The summed E-state index contributed by atoms with van der Waals surface area (Å²) in [4.78, 5) is 7.46. The molecule has 3 aromatic rings. The fourth-order valence-electron chi connectivity index (χ4n) is 3.84. The van der Waals surface area contributed by atoms with Gasteiger partial charge in [0.1, 0.15) is 0 Å². The number of H-pyrrole nitrogens is 1. The van der Waals surface area contributed by atoms with Crippen LogP contribution in [0.5, 0.6) is 0 Å². The lowest BCUT2D eigenvalue weighted by molar-refractivity contribution is 0.0168. The largest absolute Gasteiger partial charge is 0.379 e. The van der Waals surface area contributed by atoms with Gasteiger partial charge in [-0.2, -0.15) is 0 Å². The number of morpholine rings is 1. The van der Waals surface area contributed by atoms with Crippen LogP contribution >= 0.6 is 11.3 Å². The zero-order chi connectivity index (χ0) is 17.8. The van der Waals surface area contributed by atoms with Gasteiger partial charge < -0.3 is 15.0 Å². The van der Waals surface area contributed by atoms with Crippen molar-refractivity contribution in [2.45, 2.75) is 25.9 Å². The number of aromatic amines is 1. The van der Waals surface area contributed by atoms with Gasteiger partial charge in [0.05, 0.1) is 19.3 Å². The van der Waals surface area contributed by atoms with E-state index < -0.39 is 0 Å². The van der Waals surface area contributed by atoms with Crippen LogP contribution in [0, 0.1) is 0 Å². The van der Waals surface area contributed by atoms with Crippen molar-refractivity contribution in [3.8, 4) is 0 Å². The first-order valence-corrected chi connectivity index (χ1v) is 10.4. The van der Waals surface area contributed by atoms with Crippen molar-refractivity contribution in [1.29, 1.82) is 0 Å². The molecule has 0 bridgehead atoms. The van der Waals surface area contributed by atoms with E-state index in [0.717, 1.165) is 45.8 Å². The summed E-state index contributed by atoms with van der Waals surface area (Å²) in [6, 6.07) is 11.4. The van der Waals surface area contributed by atoms with Gasteiger partial charge in [-0.15, -0.1) is 11.3 Å². The Morgan fingerprint density at radius 3 is 2.85 bits per heavy atom. The minimum atomic E-state index is 0.426. The number of ether oxygens (including phenoxy) is 1. The summed E-state index contributed by atoms with van der Waals surface area (Å²) in [6.07, 6.45) is 3.22. The fourth-order valence-corrected chi connectivity index (χ4v) is 4.70. The van der Waals surface area contributed by atoms with Gasteiger partial charge >= 0.3 is 0 Å². The van der Waals surface area contributed by atoms with Gasteiger partial charge in [-0.05, 0) is 29.0 Å². The quantitative estimate of drug-likeness (QED) is 0.662. The van der Waals surface area contributed by atoms with Gasteiger partial charge in [0, 0.05) is 48.2 Å². The van der Waals surface area contributed by atoms with Crippen molar-refractivity contribution in [3.63, 3.8) is 0 Å². The third-order valence-corrected chi connectivity index (χ3v) is 6.25. The van der Waals surface area contributed by atoms with E-state index in [1.54, 1.807) is 0 Å².